The molecule has 1 N–H and O–H groups in total. The van der Waals surface area contributed by atoms with Crippen LogP contribution in [0.3, 0.4) is 0 Å². The molecule has 3 heterocycles. The van der Waals surface area contributed by atoms with Crippen molar-refractivity contribution in [1.82, 2.24) is 15.2 Å². The van der Waals surface area contributed by atoms with Crippen LogP contribution in [0.1, 0.15) is 30.7 Å². The molecule has 4 rings (SSSR count). The average molecular weight is 426 g/mol. The monoisotopic (exact) mass is 425 g/mol. The zero-order chi connectivity index (χ0) is 17.9. The molecule has 0 unspecified atom stereocenters. The molecule has 2 aliphatic rings. The van der Waals surface area contributed by atoms with Crippen LogP contribution in [0.25, 0.3) is 11.3 Å². The number of amides is 1. The first-order valence-electron chi connectivity index (χ1n) is 9.69. The van der Waals surface area contributed by atoms with Gasteiger partial charge in [0.15, 0.2) is 11.7 Å². The second kappa shape index (κ2) is 10.3. The SMILES string of the molecule is Cc1ccc(-c2cnc(CCC(=O)N3CC[C@@H]4CNC[C@@H]4CC3)o2)cc1.Cl.Cl. The number of hydrogen-bond donors (Lipinski definition) is 1. The Morgan fingerprint density at radius 3 is 2.43 bits per heavy atom. The molecule has 2 atom stereocenters. The molecule has 2 aromatic rings. The summed E-state index contributed by atoms with van der Waals surface area (Å²) in [6.07, 6.45) is 5.04. The Hall–Kier alpha value is -1.56. The fourth-order valence-electron chi connectivity index (χ4n) is 4.12. The zero-order valence-electron chi connectivity index (χ0n) is 16.2. The number of oxazole rings is 1. The Morgan fingerprint density at radius 2 is 1.79 bits per heavy atom. The molecule has 154 valence electrons. The van der Waals surface area contributed by atoms with Gasteiger partial charge in [-0.1, -0.05) is 29.8 Å². The third kappa shape index (κ3) is 5.28. The highest BCUT2D eigenvalue weighted by molar-refractivity contribution is 5.85. The van der Waals surface area contributed by atoms with Gasteiger partial charge in [-0.3, -0.25) is 4.79 Å². The summed E-state index contributed by atoms with van der Waals surface area (Å²) in [6, 6.07) is 8.19. The number of benzene rings is 1. The summed E-state index contributed by atoms with van der Waals surface area (Å²) in [7, 11) is 0. The van der Waals surface area contributed by atoms with Gasteiger partial charge in [-0.15, -0.1) is 24.8 Å². The summed E-state index contributed by atoms with van der Waals surface area (Å²) in [6.45, 7) is 6.08. The molecular formula is C21H29Cl2N3O2. The number of carbonyl (C=O) groups excluding carboxylic acids is 1. The Labute approximate surface area is 179 Å². The van der Waals surface area contributed by atoms with Crippen molar-refractivity contribution >= 4 is 30.7 Å². The van der Waals surface area contributed by atoms with E-state index in [4.69, 9.17) is 4.42 Å². The molecule has 0 saturated carbocycles. The van der Waals surface area contributed by atoms with Gasteiger partial charge >= 0.3 is 0 Å². The number of aryl methyl sites for hydroxylation is 2. The molecule has 1 aromatic carbocycles. The van der Waals surface area contributed by atoms with Crippen LogP contribution in [0.4, 0.5) is 0 Å². The molecule has 0 bridgehead atoms. The first kappa shape index (κ1) is 22.7. The van der Waals surface area contributed by atoms with Crippen molar-refractivity contribution in [2.45, 2.75) is 32.6 Å². The summed E-state index contributed by atoms with van der Waals surface area (Å²) < 4.78 is 5.84. The summed E-state index contributed by atoms with van der Waals surface area (Å²) >= 11 is 0. The van der Waals surface area contributed by atoms with Crippen LogP contribution in [0.2, 0.25) is 0 Å². The molecular weight excluding hydrogens is 397 g/mol. The van der Waals surface area contributed by atoms with Gasteiger partial charge in [-0.2, -0.15) is 0 Å². The number of nitrogens with one attached hydrogen (secondary N) is 1. The van der Waals surface area contributed by atoms with Gasteiger partial charge in [0.05, 0.1) is 6.20 Å². The molecule has 1 aromatic heterocycles. The second-order valence-electron chi connectivity index (χ2n) is 7.62. The Kier molecular flexibility index (Phi) is 8.35. The number of fused-ring (bicyclic) bond motifs is 1. The molecule has 0 spiro atoms. The van der Waals surface area contributed by atoms with E-state index < -0.39 is 0 Å². The lowest BCUT2D eigenvalue weighted by Crippen LogP contribution is -2.32. The maximum atomic E-state index is 12.6. The minimum Gasteiger partial charge on any atom is -0.441 e. The fraction of sp³-hybridized carbons (Fsp3) is 0.524. The molecule has 5 nitrogen and oxygen atoms in total. The highest BCUT2D eigenvalue weighted by atomic mass is 35.5. The lowest BCUT2D eigenvalue weighted by molar-refractivity contribution is -0.131. The third-order valence-electron chi connectivity index (χ3n) is 5.81. The van der Waals surface area contributed by atoms with E-state index in [-0.39, 0.29) is 30.7 Å². The van der Waals surface area contributed by atoms with E-state index in [1.165, 1.54) is 5.56 Å². The molecule has 0 aliphatic carbocycles. The van der Waals surface area contributed by atoms with Crippen LogP contribution in [0, 0.1) is 18.8 Å². The van der Waals surface area contributed by atoms with Gasteiger partial charge in [0.2, 0.25) is 5.91 Å². The number of carbonyl (C=O) groups is 1. The Bertz CT molecular complexity index is 749. The molecule has 28 heavy (non-hydrogen) atoms. The Morgan fingerprint density at radius 1 is 1.14 bits per heavy atom. The smallest absolute Gasteiger partial charge is 0.223 e. The van der Waals surface area contributed by atoms with Crippen molar-refractivity contribution in [3.63, 3.8) is 0 Å². The first-order valence-corrected chi connectivity index (χ1v) is 9.69. The van der Waals surface area contributed by atoms with Gasteiger partial charge in [-0.05, 0) is 44.7 Å². The number of hydrogen-bond acceptors (Lipinski definition) is 4. The van der Waals surface area contributed by atoms with Gasteiger partial charge in [0, 0.05) is 31.5 Å². The minimum atomic E-state index is 0. The fourth-order valence-corrected chi connectivity index (χ4v) is 4.12. The molecule has 7 heteroatoms. The molecule has 1 amide bonds. The van der Waals surface area contributed by atoms with Crippen LogP contribution in [-0.4, -0.2) is 42.0 Å². The molecule has 2 aliphatic heterocycles. The van der Waals surface area contributed by atoms with E-state index in [2.05, 4.69) is 29.4 Å². The number of likely N-dealkylation sites (tertiary alicyclic amines) is 1. The summed E-state index contributed by atoms with van der Waals surface area (Å²) in [4.78, 5) is 19.0. The lowest BCUT2D eigenvalue weighted by atomic mass is 9.92. The average Bonchev–Trinajstić information content (AvgIpc) is 3.26. The maximum Gasteiger partial charge on any atom is 0.223 e. The van der Waals surface area contributed by atoms with E-state index in [1.54, 1.807) is 6.20 Å². The number of halogens is 2. The minimum absolute atomic E-state index is 0. The standard InChI is InChI=1S/C21H27N3O2.2ClH/c1-15-2-4-16(5-3-15)19-14-23-20(26-19)6-7-21(25)24-10-8-17-12-22-13-18(17)9-11-24;;/h2-5,14,17-18,22H,6-13H2,1H3;2*1H/t17-,18+;;. The Balaban J connectivity index is 0.00000140. The predicted molar refractivity (Wildman–Crippen MR) is 115 cm³/mol. The maximum absolute atomic E-state index is 12.6. The quantitative estimate of drug-likeness (QED) is 0.806. The van der Waals surface area contributed by atoms with Crippen LogP contribution in [0.5, 0.6) is 0 Å². The van der Waals surface area contributed by atoms with E-state index in [0.29, 0.717) is 18.7 Å². The van der Waals surface area contributed by atoms with Gasteiger partial charge in [0.1, 0.15) is 0 Å². The second-order valence-corrected chi connectivity index (χ2v) is 7.62. The van der Waals surface area contributed by atoms with Crippen LogP contribution in [0.15, 0.2) is 34.9 Å². The van der Waals surface area contributed by atoms with Crippen LogP contribution < -0.4 is 5.32 Å². The number of aromatic nitrogens is 1. The normalized spacial score (nSPS) is 21.2. The van der Waals surface area contributed by atoms with Crippen LogP contribution >= 0.6 is 24.8 Å². The van der Waals surface area contributed by atoms with E-state index in [9.17, 15) is 4.79 Å². The number of nitrogens with zero attached hydrogens (tertiary/aromatic N) is 2. The molecule has 2 saturated heterocycles. The van der Waals surface area contributed by atoms with Crippen molar-refractivity contribution in [2.24, 2.45) is 11.8 Å². The third-order valence-corrected chi connectivity index (χ3v) is 5.81. The van der Waals surface area contributed by atoms with Gasteiger partial charge in [-0.25, -0.2) is 4.98 Å². The zero-order valence-corrected chi connectivity index (χ0v) is 17.9. The number of rotatable bonds is 4. The summed E-state index contributed by atoms with van der Waals surface area (Å²) in [5.41, 5.74) is 2.24. The first-order chi connectivity index (χ1) is 12.7. The highest BCUT2D eigenvalue weighted by Gasteiger charge is 2.31. The summed E-state index contributed by atoms with van der Waals surface area (Å²) in [5, 5.41) is 3.48. The van der Waals surface area contributed by atoms with Crippen LogP contribution in [-0.2, 0) is 11.2 Å². The highest BCUT2D eigenvalue weighted by Crippen LogP contribution is 2.27. The van der Waals surface area contributed by atoms with Crippen molar-refractivity contribution in [1.29, 1.82) is 0 Å². The molecule has 0 radical (unpaired) electrons. The van der Waals surface area contributed by atoms with Gasteiger partial charge in [0.25, 0.3) is 0 Å². The topological polar surface area (TPSA) is 58.4 Å². The molecule has 2 fully saturated rings. The van der Waals surface area contributed by atoms with E-state index in [0.717, 1.165) is 62.2 Å². The van der Waals surface area contributed by atoms with E-state index in [1.807, 2.05) is 17.0 Å². The van der Waals surface area contributed by atoms with Crippen molar-refractivity contribution in [3.8, 4) is 11.3 Å². The van der Waals surface area contributed by atoms with E-state index >= 15 is 0 Å². The lowest BCUT2D eigenvalue weighted by Gasteiger charge is -2.20. The van der Waals surface area contributed by atoms with Crippen molar-refractivity contribution in [3.05, 3.63) is 41.9 Å². The van der Waals surface area contributed by atoms with Gasteiger partial charge < -0.3 is 14.6 Å². The predicted octanol–water partition coefficient (Wildman–Crippen LogP) is 3.88. The summed E-state index contributed by atoms with van der Waals surface area (Å²) in [5.74, 6) is 3.13. The van der Waals surface area contributed by atoms with Crippen molar-refractivity contribution < 1.29 is 9.21 Å². The van der Waals surface area contributed by atoms with Crippen molar-refractivity contribution in [2.75, 3.05) is 26.2 Å². The largest absolute Gasteiger partial charge is 0.441 e.